The molecule has 7 heteroatoms. The SMILES string of the molecule is CC(C)(C)[Si](OOP(=O)(O)COC1CC1)(c1ccccc1)c1ccccc1. The van der Waals surface area contributed by atoms with Crippen molar-refractivity contribution in [2.75, 3.05) is 6.35 Å². The molecular weight excluding hydrogens is 379 g/mol. The number of hydrogen-bond donors (Lipinski definition) is 1. The van der Waals surface area contributed by atoms with Gasteiger partial charge in [0, 0.05) is 0 Å². The van der Waals surface area contributed by atoms with Crippen molar-refractivity contribution in [3.63, 3.8) is 0 Å². The minimum absolute atomic E-state index is 0.0712. The maximum absolute atomic E-state index is 12.5. The van der Waals surface area contributed by atoms with Crippen LogP contribution in [-0.2, 0) is 18.6 Å². The first-order chi connectivity index (χ1) is 12.7. The minimum atomic E-state index is -4.02. The molecule has 2 aromatic carbocycles. The van der Waals surface area contributed by atoms with Gasteiger partial charge >= 0.3 is 15.9 Å². The normalized spacial score (nSPS) is 17.5. The summed E-state index contributed by atoms with van der Waals surface area (Å²) in [6.45, 7) is 6.22. The molecule has 5 nitrogen and oxygen atoms in total. The Morgan fingerprint density at radius 3 is 1.89 bits per heavy atom. The van der Waals surface area contributed by atoms with E-state index in [0.717, 1.165) is 23.2 Å². The lowest BCUT2D eigenvalue weighted by Crippen LogP contribution is -2.66. The van der Waals surface area contributed by atoms with Gasteiger partial charge in [-0.15, -0.1) is 0 Å². The third-order valence-corrected chi connectivity index (χ3v) is 10.4. The van der Waals surface area contributed by atoms with Crippen LogP contribution >= 0.6 is 7.60 Å². The fraction of sp³-hybridized carbons (Fsp3) is 0.400. The molecule has 1 fully saturated rings. The molecule has 1 saturated carbocycles. The summed E-state index contributed by atoms with van der Waals surface area (Å²) in [5.74, 6) is 0. The molecule has 1 atom stereocenters. The van der Waals surface area contributed by atoms with Gasteiger partial charge in [-0.05, 0) is 28.3 Å². The second kappa shape index (κ2) is 8.00. The molecule has 1 aliphatic carbocycles. The maximum Gasteiger partial charge on any atom is 0.379 e. The van der Waals surface area contributed by atoms with Gasteiger partial charge in [0.1, 0.15) is 0 Å². The summed E-state index contributed by atoms with van der Waals surface area (Å²) in [5, 5.41) is 1.62. The molecule has 1 N–H and O–H groups in total. The zero-order valence-corrected chi connectivity index (χ0v) is 17.9. The zero-order chi connectivity index (χ0) is 19.5. The van der Waals surface area contributed by atoms with Crippen LogP contribution in [0.3, 0.4) is 0 Å². The van der Waals surface area contributed by atoms with Crippen molar-refractivity contribution in [3.8, 4) is 0 Å². The highest BCUT2D eigenvalue weighted by atomic mass is 31.2. The van der Waals surface area contributed by atoms with E-state index in [4.69, 9.17) is 14.0 Å². The van der Waals surface area contributed by atoms with Crippen LogP contribution in [0.2, 0.25) is 5.04 Å². The van der Waals surface area contributed by atoms with Gasteiger partial charge < -0.3 is 9.63 Å². The summed E-state index contributed by atoms with van der Waals surface area (Å²) in [4.78, 5) is 10.2. The van der Waals surface area contributed by atoms with Gasteiger partial charge in [-0.2, -0.15) is 4.67 Å². The van der Waals surface area contributed by atoms with Gasteiger partial charge in [-0.1, -0.05) is 81.4 Å². The van der Waals surface area contributed by atoms with E-state index in [-0.39, 0.29) is 17.5 Å². The van der Waals surface area contributed by atoms with Crippen LogP contribution in [0, 0.1) is 0 Å². The highest BCUT2D eigenvalue weighted by molar-refractivity contribution is 7.52. The molecule has 1 aliphatic rings. The van der Waals surface area contributed by atoms with E-state index in [1.54, 1.807) is 0 Å². The fourth-order valence-corrected chi connectivity index (χ4v) is 8.36. The van der Waals surface area contributed by atoms with Crippen molar-refractivity contribution in [1.29, 1.82) is 0 Å². The highest BCUT2D eigenvalue weighted by Gasteiger charge is 2.53. The van der Waals surface area contributed by atoms with Gasteiger partial charge in [0.05, 0.1) is 6.10 Å². The molecule has 0 heterocycles. The topological polar surface area (TPSA) is 65.0 Å². The second-order valence-electron chi connectivity index (χ2n) is 7.95. The first kappa shape index (κ1) is 20.5. The van der Waals surface area contributed by atoms with E-state index in [0.29, 0.717) is 0 Å². The van der Waals surface area contributed by atoms with Crippen LogP contribution in [-0.4, -0.2) is 25.7 Å². The molecule has 0 radical (unpaired) electrons. The van der Waals surface area contributed by atoms with Crippen molar-refractivity contribution in [2.24, 2.45) is 0 Å². The Labute approximate surface area is 161 Å². The van der Waals surface area contributed by atoms with Crippen LogP contribution in [0.15, 0.2) is 60.7 Å². The van der Waals surface area contributed by atoms with E-state index in [2.05, 4.69) is 20.8 Å². The van der Waals surface area contributed by atoms with Gasteiger partial charge in [0.2, 0.25) is 0 Å². The van der Waals surface area contributed by atoms with Gasteiger partial charge in [0.25, 0.3) is 0 Å². The van der Waals surface area contributed by atoms with Crippen LogP contribution in [0.25, 0.3) is 0 Å². The third kappa shape index (κ3) is 4.77. The van der Waals surface area contributed by atoms with Crippen LogP contribution < -0.4 is 10.4 Å². The molecule has 27 heavy (non-hydrogen) atoms. The largest absolute Gasteiger partial charge is 0.379 e. The molecule has 0 aliphatic heterocycles. The van der Waals surface area contributed by atoms with Crippen molar-refractivity contribution >= 4 is 26.3 Å². The van der Waals surface area contributed by atoms with E-state index in [9.17, 15) is 9.46 Å². The van der Waals surface area contributed by atoms with Gasteiger partial charge in [-0.3, -0.25) is 9.14 Å². The Morgan fingerprint density at radius 1 is 1.00 bits per heavy atom. The summed E-state index contributed by atoms with van der Waals surface area (Å²) >= 11 is 0. The number of ether oxygens (including phenoxy) is 1. The quantitative estimate of drug-likeness (QED) is 0.313. The lowest BCUT2D eigenvalue weighted by atomic mass is 10.2. The third-order valence-electron chi connectivity index (χ3n) is 4.69. The van der Waals surface area contributed by atoms with Crippen molar-refractivity contribution < 1.29 is 23.4 Å². The predicted octanol–water partition coefficient (Wildman–Crippen LogP) is 3.82. The maximum atomic E-state index is 12.5. The van der Waals surface area contributed by atoms with E-state index in [1.165, 1.54) is 0 Å². The van der Waals surface area contributed by atoms with E-state index >= 15 is 0 Å². The summed E-state index contributed by atoms with van der Waals surface area (Å²) in [7, 11) is -7.03. The number of hydrogen-bond acceptors (Lipinski definition) is 4. The molecule has 1 unspecified atom stereocenters. The van der Waals surface area contributed by atoms with Crippen LogP contribution in [0.5, 0.6) is 0 Å². The van der Waals surface area contributed by atoms with Crippen molar-refractivity contribution in [1.82, 2.24) is 0 Å². The molecule has 0 bridgehead atoms. The molecule has 0 amide bonds. The average molecular weight is 406 g/mol. The smallest absolute Gasteiger partial charge is 0.366 e. The van der Waals surface area contributed by atoms with Crippen molar-refractivity contribution in [3.05, 3.63) is 60.7 Å². The summed E-state index contributed by atoms with van der Waals surface area (Å²) in [5.41, 5.74) is 0. The Bertz CT molecular complexity index is 748. The van der Waals surface area contributed by atoms with Crippen LogP contribution in [0.1, 0.15) is 33.6 Å². The van der Waals surface area contributed by atoms with E-state index < -0.39 is 15.9 Å². The number of rotatable bonds is 8. The first-order valence-corrected chi connectivity index (χ1v) is 12.8. The molecular formula is C20H27O5PSi. The number of benzene rings is 2. The molecule has 0 saturated heterocycles. The monoisotopic (exact) mass is 406 g/mol. The second-order valence-corrected chi connectivity index (χ2v) is 13.8. The Hall–Kier alpha value is -1.27. The Balaban J connectivity index is 1.97. The van der Waals surface area contributed by atoms with Crippen LogP contribution in [0.4, 0.5) is 0 Å². The summed E-state index contributed by atoms with van der Waals surface area (Å²) < 4.78 is 29.2. The average Bonchev–Trinajstić information content (AvgIpc) is 3.46. The van der Waals surface area contributed by atoms with Gasteiger partial charge in [-0.25, -0.2) is 0 Å². The lowest BCUT2D eigenvalue weighted by molar-refractivity contribution is -0.125. The Kier molecular flexibility index (Phi) is 6.06. The lowest BCUT2D eigenvalue weighted by Gasteiger charge is -2.41. The molecule has 0 aromatic heterocycles. The fourth-order valence-electron chi connectivity index (χ4n) is 3.17. The molecule has 2 aromatic rings. The molecule has 3 rings (SSSR count). The predicted molar refractivity (Wildman–Crippen MR) is 109 cm³/mol. The molecule has 0 spiro atoms. The minimum Gasteiger partial charge on any atom is -0.366 e. The van der Waals surface area contributed by atoms with Gasteiger partial charge in [0.15, 0.2) is 6.35 Å². The molecule has 146 valence electrons. The summed E-state index contributed by atoms with van der Waals surface area (Å²) in [6, 6.07) is 19.7. The zero-order valence-electron chi connectivity index (χ0n) is 16.0. The first-order valence-electron chi connectivity index (χ1n) is 9.16. The summed E-state index contributed by atoms with van der Waals surface area (Å²) in [6.07, 6.45) is 1.57. The van der Waals surface area contributed by atoms with E-state index in [1.807, 2.05) is 60.7 Å². The Morgan fingerprint density at radius 2 is 1.48 bits per heavy atom. The van der Waals surface area contributed by atoms with Crippen molar-refractivity contribution in [2.45, 2.75) is 44.8 Å². The standard InChI is InChI=1S/C20H27O5PSi/c1-20(2,3)27(18-10-6-4-7-11-18,19-12-8-5-9-13-19)25-24-26(21,22)16-23-17-14-15-17/h4-13,17H,14-16H2,1-3H3,(H,21,22). The highest BCUT2D eigenvalue weighted by Crippen LogP contribution is 2.47.